The van der Waals surface area contributed by atoms with Gasteiger partial charge in [-0.3, -0.25) is 4.98 Å². The van der Waals surface area contributed by atoms with Gasteiger partial charge in [0.15, 0.2) is 0 Å². The van der Waals surface area contributed by atoms with Crippen LogP contribution in [-0.4, -0.2) is 23.5 Å². The number of nitrogens with zero attached hydrogens (tertiary/aromatic N) is 2. The van der Waals surface area contributed by atoms with E-state index in [4.69, 9.17) is 5.73 Å². The van der Waals surface area contributed by atoms with E-state index in [1.807, 2.05) is 24.3 Å². The minimum Gasteiger partial charge on any atom is -0.399 e. The Kier molecular flexibility index (Phi) is 3.25. The molecule has 0 aliphatic carbocycles. The second kappa shape index (κ2) is 5.21. The van der Waals surface area contributed by atoms with Crippen LogP contribution in [0, 0.1) is 0 Å². The van der Waals surface area contributed by atoms with Crippen molar-refractivity contribution in [2.45, 2.75) is 0 Å². The molecule has 0 amide bonds. The van der Waals surface area contributed by atoms with E-state index in [1.54, 1.807) is 12.4 Å². The molecule has 0 unspecified atom stereocenters. The van der Waals surface area contributed by atoms with Crippen LogP contribution in [0.3, 0.4) is 0 Å². The van der Waals surface area contributed by atoms with Crippen molar-refractivity contribution in [2.75, 3.05) is 19.3 Å². The Balaban J connectivity index is 2.02. The van der Waals surface area contributed by atoms with Crippen LogP contribution in [0.15, 0.2) is 61.1 Å². The van der Waals surface area contributed by atoms with E-state index in [-0.39, 0.29) is 0 Å². The maximum absolute atomic E-state index is 6.05. The molecule has 0 radical (unpaired) electrons. The monoisotopic (exact) mass is 263 g/mol. The third-order valence-corrected chi connectivity index (χ3v) is 3.41. The summed E-state index contributed by atoms with van der Waals surface area (Å²) in [5.74, 6) is 0. The van der Waals surface area contributed by atoms with Crippen molar-refractivity contribution in [3.63, 3.8) is 0 Å². The number of likely N-dealkylation sites (N-methyl/N-ethyl adjacent to an activating group) is 1. The van der Waals surface area contributed by atoms with Crippen molar-refractivity contribution in [1.29, 1.82) is 0 Å². The second-order valence-corrected chi connectivity index (χ2v) is 4.99. The first-order valence-corrected chi connectivity index (χ1v) is 6.62. The first-order valence-electron chi connectivity index (χ1n) is 6.62. The van der Waals surface area contributed by atoms with Crippen LogP contribution in [0.5, 0.6) is 0 Å². The minimum atomic E-state index is 0.780. The van der Waals surface area contributed by atoms with Crippen molar-refractivity contribution >= 4 is 11.3 Å². The first-order chi connectivity index (χ1) is 9.72. The Morgan fingerprint density at radius 1 is 1.05 bits per heavy atom. The second-order valence-electron chi connectivity index (χ2n) is 4.99. The number of aromatic nitrogens is 1. The lowest BCUT2D eigenvalue weighted by Crippen LogP contribution is -2.13. The smallest absolute Gasteiger partial charge is 0.0359 e. The summed E-state index contributed by atoms with van der Waals surface area (Å²) >= 11 is 0. The number of benzene rings is 1. The van der Waals surface area contributed by atoms with E-state index in [0.29, 0.717) is 0 Å². The molecule has 0 bridgehead atoms. The SMILES string of the molecule is CN1C=CC(c2cc(N)cc(-c3ccncc3)c2)=CC1. The van der Waals surface area contributed by atoms with Gasteiger partial charge >= 0.3 is 0 Å². The lowest BCUT2D eigenvalue weighted by molar-refractivity contribution is 0.506. The zero-order valence-corrected chi connectivity index (χ0v) is 11.5. The molecule has 0 saturated carbocycles. The number of nitrogens with two attached hydrogens (primary N) is 1. The fourth-order valence-electron chi connectivity index (χ4n) is 2.32. The Labute approximate surface area is 119 Å². The lowest BCUT2D eigenvalue weighted by Gasteiger charge is -2.18. The number of rotatable bonds is 2. The third-order valence-electron chi connectivity index (χ3n) is 3.41. The number of hydrogen-bond acceptors (Lipinski definition) is 3. The predicted molar refractivity (Wildman–Crippen MR) is 83.8 cm³/mol. The summed E-state index contributed by atoms with van der Waals surface area (Å²) < 4.78 is 0. The number of allylic oxidation sites excluding steroid dienone is 2. The molecular weight excluding hydrogens is 246 g/mol. The summed E-state index contributed by atoms with van der Waals surface area (Å²) in [5.41, 5.74) is 11.5. The van der Waals surface area contributed by atoms with Crippen LogP contribution in [-0.2, 0) is 0 Å². The number of nitrogen functional groups attached to an aromatic ring is 1. The summed E-state index contributed by atoms with van der Waals surface area (Å²) in [5, 5.41) is 0. The fourth-order valence-corrected chi connectivity index (χ4v) is 2.32. The molecule has 20 heavy (non-hydrogen) atoms. The Hall–Kier alpha value is -2.55. The van der Waals surface area contributed by atoms with Gasteiger partial charge in [-0.15, -0.1) is 0 Å². The molecule has 3 nitrogen and oxygen atoms in total. The molecule has 2 heterocycles. The van der Waals surface area contributed by atoms with Gasteiger partial charge < -0.3 is 10.6 Å². The van der Waals surface area contributed by atoms with E-state index in [0.717, 1.165) is 28.9 Å². The molecule has 100 valence electrons. The van der Waals surface area contributed by atoms with Crippen molar-refractivity contribution in [3.05, 3.63) is 66.6 Å². The maximum Gasteiger partial charge on any atom is 0.0359 e. The lowest BCUT2D eigenvalue weighted by atomic mass is 9.97. The van der Waals surface area contributed by atoms with Crippen molar-refractivity contribution in [2.24, 2.45) is 0 Å². The minimum absolute atomic E-state index is 0.780. The van der Waals surface area contributed by atoms with Crippen molar-refractivity contribution in [3.8, 4) is 11.1 Å². The normalized spacial score (nSPS) is 14.2. The molecule has 1 aliphatic heterocycles. The highest BCUT2D eigenvalue weighted by Gasteiger charge is 2.07. The summed E-state index contributed by atoms with van der Waals surface area (Å²) in [7, 11) is 2.06. The van der Waals surface area contributed by atoms with Crippen LogP contribution in [0.25, 0.3) is 16.7 Å². The highest BCUT2D eigenvalue weighted by molar-refractivity contribution is 5.81. The molecule has 2 aromatic rings. The summed E-state index contributed by atoms with van der Waals surface area (Å²) in [6, 6.07) is 10.2. The molecule has 1 aromatic heterocycles. The van der Waals surface area contributed by atoms with E-state index in [2.05, 4.69) is 41.3 Å². The van der Waals surface area contributed by atoms with Crippen molar-refractivity contribution < 1.29 is 0 Å². The van der Waals surface area contributed by atoms with Crippen molar-refractivity contribution in [1.82, 2.24) is 9.88 Å². The molecule has 0 atom stereocenters. The van der Waals surface area contributed by atoms with Gasteiger partial charge in [0.1, 0.15) is 0 Å². The largest absolute Gasteiger partial charge is 0.399 e. The van der Waals surface area contributed by atoms with Gasteiger partial charge in [0.05, 0.1) is 0 Å². The molecule has 3 rings (SSSR count). The van der Waals surface area contributed by atoms with Crippen LogP contribution in [0.2, 0.25) is 0 Å². The molecule has 0 fully saturated rings. The average Bonchev–Trinajstić information content (AvgIpc) is 2.48. The maximum atomic E-state index is 6.05. The first kappa shape index (κ1) is 12.5. The summed E-state index contributed by atoms with van der Waals surface area (Å²) in [4.78, 5) is 6.19. The molecule has 0 saturated heterocycles. The zero-order valence-electron chi connectivity index (χ0n) is 11.5. The standard InChI is InChI=1S/C17H17N3/c1-20-8-4-14(5-9-20)16-10-15(11-17(18)12-16)13-2-6-19-7-3-13/h2-8,10-12H,9,18H2,1H3. The molecule has 2 N–H and O–H groups in total. The summed E-state index contributed by atoms with van der Waals surface area (Å²) in [6.45, 7) is 0.922. The van der Waals surface area contributed by atoms with E-state index in [1.165, 1.54) is 5.57 Å². The topological polar surface area (TPSA) is 42.1 Å². The van der Waals surface area contributed by atoms with Gasteiger partial charge in [0.2, 0.25) is 0 Å². The number of hydrogen-bond donors (Lipinski definition) is 1. The Morgan fingerprint density at radius 2 is 1.80 bits per heavy atom. The van der Waals surface area contributed by atoms with Gasteiger partial charge in [-0.25, -0.2) is 0 Å². The van der Waals surface area contributed by atoms with Gasteiger partial charge in [-0.1, -0.05) is 6.08 Å². The van der Waals surface area contributed by atoms with E-state index in [9.17, 15) is 0 Å². The number of anilines is 1. The zero-order chi connectivity index (χ0) is 13.9. The number of pyridine rings is 1. The molecule has 0 spiro atoms. The van der Waals surface area contributed by atoms with Gasteiger partial charge in [0.25, 0.3) is 0 Å². The van der Waals surface area contributed by atoms with Gasteiger partial charge in [-0.2, -0.15) is 0 Å². The molecule has 1 aromatic carbocycles. The van der Waals surface area contributed by atoms with Gasteiger partial charge in [0, 0.05) is 31.7 Å². The van der Waals surface area contributed by atoms with E-state index >= 15 is 0 Å². The Morgan fingerprint density at radius 3 is 2.50 bits per heavy atom. The quantitative estimate of drug-likeness (QED) is 0.846. The van der Waals surface area contributed by atoms with Gasteiger partial charge in [-0.05, 0) is 64.9 Å². The highest BCUT2D eigenvalue weighted by Crippen LogP contribution is 2.28. The third kappa shape index (κ3) is 2.57. The predicted octanol–water partition coefficient (Wildman–Crippen LogP) is 3.17. The highest BCUT2D eigenvalue weighted by atomic mass is 15.1. The fraction of sp³-hybridized carbons (Fsp3) is 0.118. The van der Waals surface area contributed by atoms with E-state index < -0.39 is 0 Å². The molecule has 3 heteroatoms. The molecular formula is C17H17N3. The van der Waals surface area contributed by atoms with Crippen LogP contribution in [0.4, 0.5) is 5.69 Å². The van der Waals surface area contributed by atoms with Crippen LogP contribution >= 0.6 is 0 Å². The summed E-state index contributed by atoms with van der Waals surface area (Å²) in [6.07, 6.45) is 10.0. The van der Waals surface area contributed by atoms with Crippen LogP contribution < -0.4 is 5.73 Å². The Bertz CT molecular complexity index is 672. The van der Waals surface area contributed by atoms with Crippen LogP contribution in [0.1, 0.15) is 5.56 Å². The average molecular weight is 263 g/mol. The molecule has 1 aliphatic rings.